The number of nitrogens with zero attached hydrogens (tertiary/aromatic N) is 3. The minimum atomic E-state index is -4.02. The van der Waals surface area contributed by atoms with Crippen LogP contribution in [0, 0.1) is 24.2 Å². The molecule has 192 valence electrons. The maximum Gasteiger partial charge on any atom is 0.294 e. The van der Waals surface area contributed by atoms with Crippen LogP contribution in [0.4, 0.5) is 0 Å². The van der Waals surface area contributed by atoms with Gasteiger partial charge in [0.1, 0.15) is 6.04 Å². The molecular weight excluding hydrogens is 472 g/mol. The van der Waals surface area contributed by atoms with E-state index < -0.39 is 10.1 Å². The van der Waals surface area contributed by atoms with Gasteiger partial charge in [-0.05, 0) is 63.6 Å². The molecule has 0 radical (unpaired) electrons. The number of carbonyl (C=O) groups is 2. The van der Waals surface area contributed by atoms with Crippen molar-refractivity contribution in [1.82, 2.24) is 15.1 Å². The van der Waals surface area contributed by atoms with Gasteiger partial charge in [-0.1, -0.05) is 17.7 Å². The van der Waals surface area contributed by atoms with Gasteiger partial charge in [-0.2, -0.15) is 13.7 Å². The summed E-state index contributed by atoms with van der Waals surface area (Å²) in [7, 11) is -4.02. The molecule has 1 aromatic rings. The Morgan fingerprint density at radius 3 is 2.40 bits per heavy atom. The number of aryl methyl sites for hydroxylation is 1. The Labute approximate surface area is 206 Å². The number of hydrogen-bond acceptors (Lipinski definition) is 7. The van der Waals surface area contributed by atoms with Crippen LogP contribution in [-0.2, 0) is 19.7 Å². The molecule has 3 atom stereocenters. The molecule has 3 saturated heterocycles. The summed E-state index contributed by atoms with van der Waals surface area (Å²) in [4.78, 5) is 28.4. The van der Waals surface area contributed by atoms with E-state index >= 15 is 0 Å². The Morgan fingerprint density at radius 1 is 1.14 bits per heavy atom. The van der Waals surface area contributed by atoms with Gasteiger partial charge in [0, 0.05) is 26.1 Å². The SMILES string of the molecule is Cc1ccc(S(=O)(=O)O)cc1.N#C[C@@H]1CCCN1C(=O)[C@@H]1C[C@H](CC(=O)N2CCC(O)CC2)CN1. The molecule has 0 unspecified atom stereocenters. The van der Waals surface area contributed by atoms with Crippen molar-refractivity contribution in [3.8, 4) is 6.07 Å². The second-order valence-electron chi connectivity index (χ2n) is 9.49. The van der Waals surface area contributed by atoms with Crippen LogP contribution >= 0.6 is 0 Å². The molecule has 3 N–H and O–H groups in total. The van der Waals surface area contributed by atoms with Crippen LogP contribution in [0.5, 0.6) is 0 Å². The third-order valence-electron chi connectivity index (χ3n) is 6.80. The normalized spacial score (nSPS) is 25.0. The van der Waals surface area contributed by atoms with Crippen LogP contribution in [0.1, 0.15) is 44.1 Å². The molecule has 0 aliphatic carbocycles. The smallest absolute Gasteiger partial charge is 0.294 e. The molecule has 3 fully saturated rings. The number of hydrogen-bond donors (Lipinski definition) is 3. The molecule has 0 spiro atoms. The molecule has 0 bridgehead atoms. The molecule has 0 saturated carbocycles. The number of benzene rings is 1. The zero-order valence-corrected chi connectivity index (χ0v) is 20.8. The highest BCUT2D eigenvalue weighted by Gasteiger charge is 2.38. The van der Waals surface area contributed by atoms with Crippen LogP contribution in [0.3, 0.4) is 0 Å². The summed E-state index contributed by atoms with van der Waals surface area (Å²) in [5.74, 6) is 0.300. The van der Waals surface area contributed by atoms with Gasteiger partial charge in [0.05, 0.1) is 23.1 Å². The number of nitriles is 1. The Hall–Kier alpha value is -2.52. The molecule has 3 aliphatic rings. The fraction of sp³-hybridized carbons (Fsp3) is 0.625. The average Bonchev–Trinajstić information content (AvgIpc) is 3.49. The average molecular weight is 507 g/mol. The monoisotopic (exact) mass is 506 g/mol. The summed E-state index contributed by atoms with van der Waals surface area (Å²) in [5.41, 5.74) is 0.956. The van der Waals surface area contributed by atoms with E-state index in [2.05, 4.69) is 11.4 Å². The Bertz CT molecular complexity index is 1030. The van der Waals surface area contributed by atoms with Gasteiger partial charge in [0.15, 0.2) is 0 Å². The van der Waals surface area contributed by atoms with Gasteiger partial charge < -0.3 is 20.2 Å². The van der Waals surface area contributed by atoms with Gasteiger partial charge in [-0.3, -0.25) is 14.1 Å². The number of aliphatic hydroxyl groups is 1. The van der Waals surface area contributed by atoms with Crippen LogP contribution < -0.4 is 5.32 Å². The lowest BCUT2D eigenvalue weighted by Crippen LogP contribution is -2.45. The van der Waals surface area contributed by atoms with Crippen LogP contribution in [0.2, 0.25) is 0 Å². The maximum atomic E-state index is 12.6. The standard InChI is InChI=1S/C17H26N4O3.C7H8O3S/c18-10-13-2-1-5-21(13)17(24)15-8-12(11-19-15)9-16(23)20-6-3-14(22)4-7-20;1-6-2-4-7(5-3-6)11(8,9)10/h12-15,19,22H,1-9,11H2;2-5H,1H3,(H,8,9,10)/t12-,13+,15+;/m1./s1. The van der Waals surface area contributed by atoms with E-state index in [4.69, 9.17) is 9.81 Å². The lowest BCUT2D eigenvalue weighted by molar-refractivity contribution is -0.135. The quantitative estimate of drug-likeness (QED) is 0.514. The highest BCUT2D eigenvalue weighted by molar-refractivity contribution is 7.85. The van der Waals surface area contributed by atoms with Crippen molar-refractivity contribution in [2.75, 3.05) is 26.2 Å². The number of carbonyl (C=O) groups excluding carboxylic acids is 2. The van der Waals surface area contributed by atoms with Crippen molar-refractivity contribution in [1.29, 1.82) is 5.26 Å². The van der Waals surface area contributed by atoms with E-state index in [0.29, 0.717) is 51.9 Å². The summed E-state index contributed by atoms with van der Waals surface area (Å²) in [6, 6.07) is 7.64. The third kappa shape index (κ3) is 7.48. The third-order valence-corrected chi connectivity index (χ3v) is 7.67. The second-order valence-corrected chi connectivity index (χ2v) is 10.9. The van der Waals surface area contributed by atoms with Crippen LogP contribution in [0.15, 0.2) is 29.2 Å². The van der Waals surface area contributed by atoms with Crippen LogP contribution in [-0.4, -0.2) is 84.1 Å². The minimum absolute atomic E-state index is 0.00935. The zero-order chi connectivity index (χ0) is 25.6. The summed E-state index contributed by atoms with van der Waals surface area (Å²) in [6.07, 6.45) is 3.79. The number of amides is 2. The molecule has 11 heteroatoms. The van der Waals surface area contributed by atoms with Gasteiger partial charge >= 0.3 is 0 Å². The highest BCUT2D eigenvalue weighted by Crippen LogP contribution is 2.24. The van der Waals surface area contributed by atoms with E-state index in [-0.39, 0.29) is 40.8 Å². The molecule has 4 rings (SSSR count). The minimum Gasteiger partial charge on any atom is -0.393 e. The summed E-state index contributed by atoms with van der Waals surface area (Å²) in [5, 5.41) is 21.9. The van der Waals surface area contributed by atoms with E-state index in [1.54, 1.807) is 17.0 Å². The van der Waals surface area contributed by atoms with Gasteiger partial charge in [0.25, 0.3) is 10.1 Å². The number of nitrogens with one attached hydrogen (secondary N) is 1. The van der Waals surface area contributed by atoms with Gasteiger partial charge in [0.2, 0.25) is 11.8 Å². The Morgan fingerprint density at radius 2 is 1.80 bits per heavy atom. The van der Waals surface area contributed by atoms with E-state index in [1.165, 1.54) is 12.1 Å². The van der Waals surface area contributed by atoms with Crippen molar-refractivity contribution < 1.29 is 27.7 Å². The first-order chi connectivity index (χ1) is 16.6. The van der Waals surface area contributed by atoms with Crippen molar-refractivity contribution >= 4 is 21.9 Å². The van der Waals surface area contributed by atoms with Crippen molar-refractivity contribution in [2.24, 2.45) is 5.92 Å². The van der Waals surface area contributed by atoms with Gasteiger partial charge in [-0.15, -0.1) is 0 Å². The summed E-state index contributed by atoms with van der Waals surface area (Å²) >= 11 is 0. The Kier molecular flexibility index (Phi) is 9.24. The first-order valence-corrected chi connectivity index (χ1v) is 13.5. The maximum absolute atomic E-state index is 12.6. The molecular formula is C24H34N4O6S. The number of rotatable bonds is 4. The van der Waals surface area contributed by atoms with Crippen molar-refractivity contribution in [2.45, 2.75) is 68.5 Å². The van der Waals surface area contributed by atoms with E-state index in [9.17, 15) is 23.1 Å². The molecule has 3 aliphatic heterocycles. The predicted octanol–water partition coefficient (Wildman–Crippen LogP) is 1.09. The van der Waals surface area contributed by atoms with Crippen molar-refractivity contribution in [3.63, 3.8) is 0 Å². The van der Waals surface area contributed by atoms with E-state index in [1.807, 2.05) is 11.8 Å². The Balaban J connectivity index is 0.000000261. The first-order valence-electron chi connectivity index (χ1n) is 12.0. The predicted molar refractivity (Wildman–Crippen MR) is 128 cm³/mol. The first kappa shape index (κ1) is 27.1. The van der Waals surface area contributed by atoms with Crippen LogP contribution in [0.25, 0.3) is 0 Å². The molecule has 10 nitrogen and oxygen atoms in total. The summed E-state index contributed by atoms with van der Waals surface area (Å²) in [6.45, 7) is 4.42. The molecule has 35 heavy (non-hydrogen) atoms. The zero-order valence-electron chi connectivity index (χ0n) is 20.0. The van der Waals surface area contributed by atoms with Crippen molar-refractivity contribution in [3.05, 3.63) is 29.8 Å². The fourth-order valence-electron chi connectivity index (χ4n) is 4.72. The van der Waals surface area contributed by atoms with E-state index in [0.717, 1.165) is 18.4 Å². The number of aliphatic hydroxyl groups excluding tert-OH is 1. The number of likely N-dealkylation sites (tertiary alicyclic amines) is 2. The van der Waals surface area contributed by atoms with Gasteiger partial charge in [-0.25, -0.2) is 0 Å². The largest absolute Gasteiger partial charge is 0.393 e. The number of piperidine rings is 1. The second kappa shape index (κ2) is 11.9. The fourth-order valence-corrected chi connectivity index (χ4v) is 5.20. The molecule has 3 heterocycles. The topological polar surface area (TPSA) is 151 Å². The lowest BCUT2D eigenvalue weighted by Gasteiger charge is -2.30. The lowest BCUT2D eigenvalue weighted by atomic mass is 9.99. The molecule has 0 aromatic heterocycles. The molecule has 2 amide bonds. The summed E-state index contributed by atoms with van der Waals surface area (Å²) < 4.78 is 29.6. The molecule has 1 aromatic carbocycles. The highest BCUT2D eigenvalue weighted by atomic mass is 32.2.